The van der Waals surface area contributed by atoms with Crippen molar-refractivity contribution < 1.29 is 24.2 Å². The Bertz CT molecular complexity index is 328. The third-order valence-corrected chi connectivity index (χ3v) is 2.62. The van der Waals surface area contributed by atoms with E-state index in [0.717, 1.165) is 25.9 Å². The first-order valence-corrected chi connectivity index (χ1v) is 6.18. The molecule has 1 heterocycles. The molecule has 19 heavy (non-hydrogen) atoms. The fourth-order valence-electron chi connectivity index (χ4n) is 1.69. The number of nitrogens with one attached hydrogen (secondary N) is 2. The molecule has 0 aromatic carbocycles. The summed E-state index contributed by atoms with van der Waals surface area (Å²) in [5.74, 6) is -1.14. The maximum atomic E-state index is 11.6. The molecule has 0 aromatic heterocycles. The van der Waals surface area contributed by atoms with Crippen LogP contribution in [0.2, 0.25) is 0 Å². The van der Waals surface area contributed by atoms with Gasteiger partial charge < -0.3 is 25.4 Å². The highest BCUT2D eigenvalue weighted by Gasteiger charge is 2.17. The van der Waals surface area contributed by atoms with E-state index in [1.54, 1.807) is 4.90 Å². The Labute approximate surface area is 111 Å². The SMILES string of the molecule is O=C(O)COCCNC(=O)NCC(=O)N1CCCC1. The van der Waals surface area contributed by atoms with Crippen LogP contribution in [0.1, 0.15) is 12.8 Å². The van der Waals surface area contributed by atoms with E-state index in [4.69, 9.17) is 9.84 Å². The molecule has 1 aliphatic heterocycles. The first-order chi connectivity index (χ1) is 9.09. The van der Waals surface area contributed by atoms with E-state index in [1.165, 1.54) is 0 Å². The summed E-state index contributed by atoms with van der Waals surface area (Å²) in [7, 11) is 0. The second-order valence-electron chi connectivity index (χ2n) is 4.14. The Morgan fingerprint density at radius 3 is 2.47 bits per heavy atom. The molecule has 0 bridgehead atoms. The molecule has 0 saturated carbocycles. The highest BCUT2D eigenvalue weighted by Crippen LogP contribution is 2.06. The molecular formula is C11H19N3O5. The number of likely N-dealkylation sites (tertiary alicyclic amines) is 1. The average molecular weight is 273 g/mol. The van der Waals surface area contributed by atoms with Crippen LogP contribution in [0.4, 0.5) is 4.79 Å². The number of hydrogen-bond donors (Lipinski definition) is 3. The lowest BCUT2D eigenvalue weighted by Gasteiger charge is -2.15. The van der Waals surface area contributed by atoms with E-state index in [0.29, 0.717) is 0 Å². The predicted octanol–water partition coefficient (Wildman–Crippen LogP) is -0.991. The average Bonchev–Trinajstić information content (AvgIpc) is 2.89. The van der Waals surface area contributed by atoms with Gasteiger partial charge in [-0.1, -0.05) is 0 Å². The van der Waals surface area contributed by atoms with Gasteiger partial charge in [-0.25, -0.2) is 9.59 Å². The molecule has 0 atom stereocenters. The normalized spacial score (nSPS) is 14.2. The van der Waals surface area contributed by atoms with Crippen LogP contribution in [0.25, 0.3) is 0 Å². The minimum atomic E-state index is -1.05. The number of carbonyl (C=O) groups is 3. The summed E-state index contributed by atoms with van der Waals surface area (Å²) in [5.41, 5.74) is 0. The third-order valence-electron chi connectivity index (χ3n) is 2.62. The number of urea groups is 1. The van der Waals surface area contributed by atoms with Gasteiger partial charge >= 0.3 is 12.0 Å². The van der Waals surface area contributed by atoms with Crippen LogP contribution in [0.15, 0.2) is 0 Å². The fourth-order valence-corrected chi connectivity index (χ4v) is 1.69. The Balaban J connectivity index is 2.01. The van der Waals surface area contributed by atoms with E-state index in [-0.39, 0.29) is 25.6 Å². The highest BCUT2D eigenvalue weighted by atomic mass is 16.5. The third kappa shape index (κ3) is 6.61. The van der Waals surface area contributed by atoms with E-state index in [9.17, 15) is 14.4 Å². The van der Waals surface area contributed by atoms with Crippen molar-refractivity contribution in [3.8, 4) is 0 Å². The van der Waals surface area contributed by atoms with Gasteiger partial charge in [0.25, 0.3) is 0 Å². The fraction of sp³-hybridized carbons (Fsp3) is 0.727. The number of carboxylic acids is 1. The first-order valence-electron chi connectivity index (χ1n) is 6.18. The quantitative estimate of drug-likeness (QED) is 0.516. The number of hydrogen-bond acceptors (Lipinski definition) is 4. The lowest BCUT2D eigenvalue weighted by molar-refractivity contribution is -0.142. The monoisotopic (exact) mass is 273 g/mol. The summed E-state index contributed by atoms with van der Waals surface area (Å²) in [4.78, 5) is 34.7. The Kier molecular flexibility index (Phi) is 6.65. The van der Waals surface area contributed by atoms with E-state index >= 15 is 0 Å². The van der Waals surface area contributed by atoms with Crippen LogP contribution in [-0.4, -0.2) is 67.3 Å². The minimum Gasteiger partial charge on any atom is -0.480 e. The molecule has 8 heteroatoms. The molecule has 3 amide bonds. The summed E-state index contributed by atoms with van der Waals surface area (Å²) in [5, 5.41) is 13.2. The topological polar surface area (TPSA) is 108 Å². The Morgan fingerprint density at radius 2 is 1.84 bits per heavy atom. The lowest BCUT2D eigenvalue weighted by Crippen LogP contribution is -2.43. The van der Waals surface area contributed by atoms with Gasteiger partial charge in [-0.3, -0.25) is 4.79 Å². The summed E-state index contributed by atoms with van der Waals surface area (Å²) in [6, 6.07) is -0.466. The van der Waals surface area contributed by atoms with Crippen LogP contribution in [0.5, 0.6) is 0 Å². The van der Waals surface area contributed by atoms with E-state index < -0.39 is 18.6 Å². The van der Waals surface area contributed by atoms with Crippen LogP contribution < -0.4 is 10.6 Å². The molecular weight excluding hydrogens is 254 g/mol. The lowest BCUT2D eigenvalue weighted by atomic mass is 10.4. The van der Waals surface area contributed by atoms with Crippen molar-refractivity contribution in [2.24, 2.45) is 0 Å². The van der Waals surface area contributed by atoms with Gasteiger partial charge in [0.2, 0.25) is 5.91 Å². The summed E-state index contributed by atoms with van der Waals surface area (Å²) in [6.07, 6.45) is 2.03. The smallest absolute Gasteiger partial charge is 0.329 e. The number of rotatable bonds is 7. The number of carboxylic acid groups (broad SMARTS) is 1. The number of nitrogens with zero attached hydrogens (tertiary/aromatic N) is 1. The van der Waals surface area contributed by atoms with E-state index in [2.05, 4.69) is 10.6 Å². The zero-order valence-corrected chi connectivity index (χ0v) is 10.7. The number of ether oxygens (including phenoxy) is 1. The molecule has 1 fully saturated rings. The second-order valence-corrected chi connectivity index (χ2v) is 4.14. The molecule has 1 rings (SSSR count). The molecule has 3 N–H and O–H groups in total. The van der Waals surface area contributed by atoms with Crippen molar-refractivity contribution in [3.63, 3.8) is 0 Å². The van der Waals surface area contributed by atoms with Crippen molar-refractivity contribution >= 4 is 17.9 Å². The highest BCUT2D eigenvalue weighted by molar-refractivity contribution is 5.84. The van der Waals surface area contributed by atoms with Crippen molar-refractivity contribution in [2.75, 3.05) is 39.4 Å². The van der Waals surface area contributed by atoms with Crippen molar-refractivity contribution in [3.05, 3.63) is 0 Å². The van der Waals surface area contributed by atoms with Gasteiger partial charge in [0, 0.05) is 19.6 Å². The maximum Gasteiger partial charge on any atom is 0.329 e. The molecule has 0 aromatic rings. The summed E-state index contributed by atoms with van der Waals surface area (Å²) < 4.78 is 4.74. The van der Waals surface area contributed by atoms with Crippen LogP contribution in [0, 0.1) is 0 Å². The molecule has 0 spiro atoms. The molecule has 0 aliphatic carbocycles. The molecule has 0 radical (unpaired) electrons. The number of amides is 3. The zero-order chi connectivity index (χ0) is 14.1. The maximum absolute atomic E-state index is 11.6. The molecule has 1 aliphatic rings. The standard InChI is InChI=1S/C11H19N3O5/c15-9(14-4-1-2-5-14)7-13-11(18)12-3-6-19-8-10(16)17/h1-8H2,(H,16,17)(H2,12,13,18). The minimum absolute atomic E-state index is 0.0260. The molecule has 8 nitrogen and oxygen atoms in total. The Morgan fingerprint density at radius 1 is 1.16 bits per heavy atom. The van der Waals surface area contributed by atoms with Gasteiger partial charge in [-0.05, 0) is 12.8 Å². The molecule has 0 unspecified atom stereocenters. The first kappa shape index (κ1) is 15.2. The van der Waals surface area contributed by atoms with Gasteiger partial charge in [0.05, 0.1) is 13.2 Å². The van der Waals surface area contributed by atoms with Crippen LogP contribution in [0.3, 0.4) is 0 Å². The second kappa shape index (κ2) is 8.30. The van der Waals surface area contributed by atoms with Gasteiger partial charge in [0.15, 0.2) is 0 Å². The van der Waals surface area contributed by atoms with E-state index in [1.807, 2.05) is 0 Å². The Hall–Kier alpha value is -1.83. The number of aliphatic carboxylic acids is 1. The molecule has 108 valence electrons. The summed E-state index contributed by atoms with van der Waals surface area (Å²) in [6.45, 7) is 1.39. The zero-order valence-electron chi connectivity index (χ0n) is 10.7. The van der Waals surface area contributed by atoms with Crippen LogP contribution >= 0.6 is 0 Å². The van der Waals surface area contributed by atoms with Crippen LogP contribution in [-0.2, 0) is 14.3 Å². The van der Waals surface area contributed by atoms with Gasteiger partial charge in [-0.2, -0.15) is 0 Å². The van der Waals surface area contributed by atoms with Gasteiger partial charge in [-0.15, -0.1) is 0 Å². The number of carbonyl (C=O) groups excluding carboxylic acids is 2. The van der Waals surface area contributed by atoms with Crippen molar-refractivity contribution in [1.29, 1.82) is 0 Å². The van der Waals surface area contributed by atoms with Crippen molar-refractivity contribution in [1.82, 2.24) is 15.5 Å². The predicted molar refractivity (Wildman–Crippen MR) is 65.7 cm³/mol. The largest absolute Gasteiger partial charge is 0.480 e. The van der Waals surface area contributed by atoms with Gasteiger partial charge in [0.1, 0.15) is 6.61 Å². The molecule has 1 saturated heterocycles. The summed E-state index contributed by atoms with van der Waals surface area (Å²) >= 11 is 0. The van der Waals surface area contributed by atoms with Crippen molar-refractivity contribution in [2.45, 2.75) is 12.8 Å².